The third kappa shape index (κ3) is 8.02. The third-order valence-electron chi connectivity index (χ3n) is 4.64. The zero-order chi connectivity index (χ0) is 26.2. The lowest BCUT2D eigenvalue weighted by molar-refractivity contribution is -0.150. The van der Waals surface area contributed by atoms with Crippen molar-refractivity contribution in [1.29, 1.82) is 0 Å². The van der Waals surface area contributed by atoms with Crippen LogP contribution in [0.3, 0.4) is 0 Å². The minimum absolute atomic E-state index is 0.0838. The molecule has 184 valence electrons. The van der Waals surface area contributed by atoms with E-state index in [2.05, 4.69) is 9.72 Å². The van der Waals surface area contributed by atoms with Gasteiger partial charge in [-0.05, 0) is 52.8 Å². The molecule has 0 radical (unpaired) electrons. The summed E-state index contributed by atoms with van der Waals surface area (Å²) < 4.78 is 55.1. The molecule has 3 aromatic rings. The van der Waals surface area contributed by atoms with Crippen LogP contribution in [0.4, 0.5) is 23.2 Å². The Kier molecular flexibility index (Phi) is 10.4. The van der Waals surface area contributed by atoms with Gasteiger partial charge in [-0.1, -0.05) is 0 Å². The molecule has 2 aromatic carbocycles. The van der Waals surface area contributed by atoms with Crippen LogP contribution in [0.2, 0.25) is 0 Å². The topological polar surface area (TPSA) is 102 Å². The number of anilines is 1. The van der Waals surface area contributed by atoms with Gasteiger partial charge >= 0.3 is 5.97 Å². The zero-order valence-corrected chi connectivity index (χ0v) is 19.4. The van der Waals surface area contributed by atoms with Crippen molar-refractivity contribution in [3.63, 3.8) is 0 Å². The molecule has 1 unspecified atom stereocenters. The summed E-state index contributed by atoms with van der Waals surface area (Å²) >= 11 is 0. The summed E-state index contributed by atoms with van der Waals surface area (Å²) in [4.78, 5) is 35.8. The van der Waals surface area contributed by atoms with E-state index in [-0.39, 0.29) is 22.4 Å². The first-order valence-electron chi connectivity index (χ1n) is 10.1. The number of H-pyrrole nitrogens is 1. The molecule has 0 spiro atoms. The van der Waals surface area contributed by atoms with Gasteiger partial charge in [-0.3, -0.25) is 14.4 Å². The van der Waals surface area contributed by atoms with Crippen molar-refractivity contribution in [3.8, 4) is 0 Å². The summed E-state index contributed by atoms with van der Waals surface area (Å²) in [5.41, 5.74) is 6.06. The van der Waals surface area contributed by atoms with Crippen LogP contribution in [-0.2, 0) is 14.3 Å². The van der Waals surface area contributed by atoms with Gasteiger partial charge in [-0.15, -0.1) is 0 Å². The second-order valence-electron chi connectivity index (χ2n) is 7.30. The largest absolute Gasteiger partial charge is 0.465 e. The zero-order valence-electron chi connectivity index (χ0n) is 19.4. The summed E-state index contributed by atoms with van der Waals surface area (Å²) in [5.74, 6) is -4.01. The smallest absolute Gasteiger partial charge is 0.316 e. The molecule has 3 N–H and O–H groups in total. The van der Waals surface area contributed by atoms with E-state index in [1.54, 1.807) is 27.7 Å². The lowest BCUT2D eigenvalue weighted by atomic mass is 10.1. The molecule has 0 fully saturated rings. The third-order valence-corrected chi connectivity index (χ3v) is 4.64. The van der Waals surface area contributed by atoms with Crippen LogP contribution in [0, 0.1) is 43.0 Å². The lowest BCUT2D eigenvalue weighted by Crippen LogP contribution is -2.20. The second kappa shape index (κ2) is 12.5. The Labute approximate surface area is 193 Å². The number of rotatable bonds is 3. The van der Waals surface area contributed by atoms with Crippen molar-refractivity contribution in [2.75, 3.05) is 12.3 Å². The average molecular weight is 482 g/mol. The van der Waals surface area contributed by atoms with E-state index >= 15 is 0 Å². The fraction of sp³-hybridized carbons (Fsp3) is 0.292. The molecular formula is C24H26F4N2O4. The van der Waals surface area contributed by atoms with Crippen LogP contribution in [0.5, 0.6) is 0 Å². The number of pyridine rings is 1. The van der Waals surface area contributed by atoms with Crippen molar-refractivity contribution >= 4 is 28.3 Å². The molecule has 10 heteroatoms. The Bertz CT molecular complexity index is 1190. The van der Waals surface area contributed by atoms with Gasteiger partial charge in [0.25, 0.3) is 0 Å². The molecule has 6 nitrogen and oxygen atoms in total. The molecule has 1 atom stereocenters. The molecule has 34 heavy (non-hydrogen) atoms. The predicted molar refractivity (Wildman–Crippen MR) is 121 cm³/mol. The molecule has 0 saturated carbocycles. The predicted octanol–water partition coefficient (Wildman–Crippen LogP) is 4.74. The molecule has 0 amide bonds. The molecule has 0 aliphatic heterocycles. The summed E-state index contributed by atoms with van der Waals surface area (Å²) in [6.45, 7) is 8.26. The van der Waals surface area contributed by atoms with Crippen LogP contribution >= 0.6 is 0 Å². The van der Waals surface area contributed by atoms with Gasteiger partial charge in [0.05, 0.1) is 17.5 Å². The van der Waals surface area contributed by atoms with E-state index in [4.69, 9.17) is 5.73 Å². The van der Waals surface area contributed by atoms with Crippen LogP contribution in [0.1, 0.15) is 32.0 Å². The highest BCUT2D eigenvalue weighted by Gasteiger charge is 2.17. The maximum Gasteiger partial charge on any atom is 0.316 e. The Hall–Kier alpha value is -3.69. The Morgan fingerprint density at radius 3 is 2.00 bits per heavy atom. The number of fused-ring (bicyclic) bond motifs is 1. The number of nitrogen functional groups attached to an aromatic ring is 1. The van der Waals surface area contributed by atoms with Gasteiger partial charge in [0.1, 0.15) is 35.0 Å². The number of ketones is 1. The highest BCUT2D eigenvalue weighted by atomic mass is 19.1. The first kappa shape index (κ1) is 28.3. The summed E-state index contributed by atoms with van der Waals surface area (Å²) in [6, 6.07) is 4.72. The number of ether oxygens (including phenoxy) is 1. The van der Waals surface area contributed by atoms with Crippen molar-refractivity contribution < 1.29 is 31.9 Å². The minimum atomic E-state index is -0.825. The van der Waals surface area contributed by atoms with Crippen LogP contribution in [-0.4, -0.2) is 23.3 Å². The van der Waals surface area contributed by atoms with E-state index in [9.17, 15) is 31.9 Å². The summed E-state index contributed by atoms with van der Waals surface area (Å²) in [5, 5.41) is -0.0838. The second-order valence-corrected chi connectivity index (χ2v) is 7.30. The Morgan fingerprint density at radius 2 is 1.53 bits per heavy atom. The van der Waals surface area contributed by atoms with Crippen LogP contribution in [0.25, 0.3) is 10.9 Å². The molecular weight excluding hydrogens is 456 g/mol. The number of nitrogens with two attached hydrogens (primary N) is 1. The van der Waals surface area contributed by atoms with Crippen molar-refractivity contribution in [2.24, 2.45) is 5.92 Å². The highest BCUT2D eigenvalue weighted by molar-refractivity contribution is 5.97. The number of aromatic nitrogens is 1. The van der Waals surface area contributed by atoms with Crippen molar-refractivity contribution in [3.05, 3.63) is 75.1 Å². The van der Waals surface area contributed by atoms with Gasteiger partial charge in [0.15, 0.2) is 5.43 Å². The number of benzene rings is 2. The van der Waals surface area contributed by atoms with Gasteiger partial charge in [-0.25, -0.2) is 17.6 Å². The van der Waals surface area contributed by atoms with E-state index in [1.165, 1.54) is 6.92 Å². The molecule has 0 bridgehead atoms. The van der Waals surface area contributed by atoms with E-state index in [0.717, 1.165) is 24.3 Å². The molecule has 0 aliphatic carbocycles. The molecule has 1 aromatic heterocycles. The quantitative estimate of drug-likeness (QED) is 0.243. The Morgan fingerprint density at radius 1 is 1.00 bits per heavy atom. The van der Waals surface area contributed by atoms with Gasteiger partial charge in [-0.2, -0.15) is 0 Å². The molecule has 1 heterocycles. The average Bonchev–Trinajstić information content (AvgIpc) is 2.71. The number of carbonyl (C=O) groups excluding carboxylic acids is 2. The number of carbonyl (C=O) groups is 2. The van der Waals surface area contributed by atoms with E-state index < -0.39 is 40.6 Å². The first-order chi connectivity index (χ1) is 15.8. The normalized spacial score (nSPS) is 11.0. The number of nitrogens with one attached hydrogen (secondary N) is 1. The van der Waals surface area contributed by atoms with Crippen molar-refractivity contribution in [2.45, 2.75) is 34.6 Å². The molecule has 3 rings (SSSR count). The summed E-state index contributed by atoms with van der Waals surface area (Å²) in [6.07, 6.45) is 0. The Balaban J connectivity index is 0.000000268. The van der Waals surface area contributed by atoms with Gasteiger partial charge in [0, 0.05) is 29.1 Å². The number of hydrogen-bond acceptors (Lipinski definition) is 5. The maximum absolute atomic E-state index is 13.4. The summed E-state index contributed by atoms with van der Waals surface area (Å²) in [7, 11) is 0. The van der Waals surface area contributed by atoms with E-state index in [1.807, 2.05) is 0 Å². The standard InChI is InChI=1S/C11H9F2NO.C7H12O3.C6H5F2N/c1-5-6(2)14-9-4-7(12)3-8(13)10(9)11(5)15;1-4-10-7(9)5(2)6(3)8;7-4-1-5(8)3-6(9)2-4/h3-4H,1-2H3,(H,14,15);5H,4H2,1-3H3;1-3H,9H2. The maximum atomic E-state index is 13.4. The molecule has 0 saturated heterocycles. The van der Waals surface area contributed by atoms with Gasteiger partial charge in [0.2, 0.25) is 0 Å². The fourth-order valence-corrected chi connectivity index (χ4v) is 2.56. The van der Waals surface area contributed by atoms with Crippen LogP contribution < -0.4 is 11.2 Å². The number of Topliss-reactive ketones (excluding diaryl/α,β-unsaturated/α-hetero) is 1. The number of esters is 1. The fourth-order valence-electron chi connectivity index (χ4n) is 2.56. The number of aryl methyl sites for hydroxylation is 1. The minimum Gasteiger partial charge on any atom is -0.465 e. The van der Waals surface area contributed by atoms with Gasteiger partial charge < -0.3 is 15.5 Å². The number of aromatic amines is 1. The number of hydrogen-bond donors (Lipinski definition) is 2. The highest BCUT2D eigenvalue weighted by Crippen LogP contribution is 2.16. The first-order valence-corrected chi connectivity index (χ1v) is 10.1. The van der Waals surface area contributed by atoms with E-state index in [0.29, 0.717) is 23.9 Å². The SMILES string of the molecule is CCOC(=O)C(C)C(C)=O.Cc1[nH]c2cc(F)cc(F)c2c(=O)c1C.Nc1cc(F)cc(F)c1. The molecule has 0 aliphatic rings. The lowest BCUT2D eigenvalue weighted by Gasteiger charge is -2.04. The monoisotopic (exact) mass is 482 g/mol. The van der Waals surface area contributed by atoms with Crippen molar-refractivity contribution in [1.82, 2.24) is 4.98 Å². The van der Waals surface area contributed by atoms with Crippen LogP contribution in [0.15, 0.2) is 35.1 Å². The number of halogens is 4.